The van der Waals surface area contributed by atoms with Crippen LogP contribution in [0.2, 0.25) is 0 Å². The summed E-state index contributed by atoms with van der Waals surface area (Å²) in [5.74, 6) is -4.26. The van der Waals surface area contributed by atoms with E-state index in [2.05, 4.69) is 4.74 Å². The SMILES string of the molecule is COC(=O)c1cc2cc3c(c(O)c2c(=O)o1)O[C@]1(CC3)Cc2c(O)c3c(c(O)c2O1)C(O)C(OC)=CC3O. The van der Waals surface area contributed by atoms with Crippen LogP contribution in [0.15, 0.2) is 33.2 Å². The number of fused-ring (bicyclic) bond motifs is 4. The van der Waals surface area contributed by atoms with Gasteiger partial charge in [0.1, 0.15) is 29.1 Å². The zero-order chi connectivity index (χ0) is 27.1. The summed E-state index contributed by atoms with van der Waals surface area (Å²) in [6.07, 6.45) is -1.19. The smallest absolute Gasteiger partial charge is 0.374 e. The Labute approximate surface area is 213 Å². The number of carbonyl (C=O) groups is 1. The van der Waals surface area contributed by atoms with Crippen LogP contribution < -0.4 is 15.1 Å². The van der Waals surface area contributed by atoms with Crippen molar-refractivity contribution < 1.29 is 53.7 Å². The van der Waals surface area contributed by atoms with Crippen LogP contribution in [0.25, 0.3) is 10.8 Å². The van der Waals surface area contributed by atoms with E-state index in [0.29, 0.717) is 12.0 Å². The Morgan fingerprint density at radius 1 is 1.03 bits per heavy atom. The van der Waals surface area contributed by atoms with Crippen LogP contribution >= 0.6 is 0 Å². The van der Waals surface area contributed by atoms with E-state index >= 15 is 0 Å². The summed E-state index contributed by atoms with van der Waals surface area (Å²) in [4.78, 5) is 24.5. The number of carbonyl (C=O) groups excluding carboxylic acids is 1. The average molecular weight is 526 g/mol. The molecule has 198 valence electrons. The summed E-state index contributed by atoms with van der Waals surface area (Å²) >= 11 is 0. The van der Waals surface area contributed by atoms with Crippen molar-refractivity contribution in [3.63, 3.8) is 0 Å². The number of ether oxygens (including phenoxy) is 4. The number of benzene rings is 2. The van der Waals surface area contributed by atoms with Gasteiger partial charge in [0.2, 0.25) is 5.76 Å². The lowest BCUT2D eigenvalue weighted by Gasteiger charge is -2.35. The van der Waals surface area contributed by atoms with E-state index in [9.17, 15) is 35.1 Å². The van der Waals surface area contributed by atoms with Crippen LogP contribution in [0.5, 0.6) is 28.7 Å². The number of hydrogen-bond acceptors (Lipinski definition) is 12. The maximum atomic E-state index is 12.6. The van der Waals surface area contributed by atoms with Crippen LogP contribution in [-0.2, 0) is 22.3 Å². The largest absolute Gasteiger partial charge is 0.507 e. The van der Waals surface area contributed by atoms with Gasteiger partial charge in [-0.15, -0.1) is 0 Å². The first kappa shape index (κ1) is 23.9. The van der Waals surface area contributed by atoms with E-state index in [-0.39, 0.29) is 69.1 Å². The Hall–Kier alpha value is -4.42. The summed E-state index contributed by atoms with van der Waals surface area (Å²) in [7, 11) is 2.44. The zero-order valence-corrected chi connectivity index (χ0v) is 20.1. The predicted octanol–water partition coefficient (Wildman–Crippen LogP) is 1.96. The van der Waals surface area contributed by atoms with Gasteiger partial charge in [-0.25, -0.2) is 9.59 Å². The predicted molar refractivity (Wildman–Crippen MR) is 126 cm³/mol. The molecule has 0 radical (unpaired) electrons. The fraction of sp³-hybridized carbons (Fsp3) is 0.308. The molecule has 1 aliphatic carbocycles. The molecule has 2 aromatic carbocycles. The van der Waals surface area contributed by atoms with Gasteiger partial charge in [-0.05, 0) is 35.6 Å². The minimum atomic E-state index is -1.49. The van der Waals surface area contributed by atoms with Crippen molar-refractivity contribution in [3.8, 4) is 28.7 Å². The van der Waals surface area contributed by atoms with Crippen molar-refractivity contribution in [3.05, 3.63) is 62.4 Å². The number of aliphatic hydroxyl groups is 2. The lowest BCUT2D eigenvalue weighted by Crippen LogP contribution is -2.44. The van der Waals surface area contributed by atoms with Crippen molar-refractivity contribution in [2.45, 2.75) is 37.3 Å². The molecule has 0 bridgehead atoms. The number of aryl methyl sites for hydroxylation is 1. The molecule has 3 heterocycles. The van der Waals surface area contributed by atoms with E-state index in [1.54, 1.807) is 6.07 Å². The molecule has 12 heteroatoms. The van der Waals surface area contributed by atoms with Gasteiger partial charge in [0.05, 0.1) is 20.6 Å². The van der Waals surface area contributed by atoms with E-state index in [0.717, 1.165) is 7.11 Å². The monoisotopic (exact) mass is 526 g/mol. The molecule has 1 spiro atoms. The number of rotatable bonds is 2. The van der Waals surface area contributed by atoms with E-state index < -0.39 is 41.1 Å². The lowest BCUT2D eigenvalue weighted by molar-refractivity contribution is -0.112. The average Bonchev–Trinajstić information content (AvgIpc) is 3.27. The number of esters is 1. The van der Waals surface area contributed by atoms with Gasteiger partial charge in [-0.3, -0.25) is 0 Å². The summed E-state index contributed by atoms with van der Waals surface area (Å²) in [5.41, 5.74) is -0.551. The summed E-state index contributed by atoms with van der Waals surface area (Å²) < 4.78 is 26.8. The molecule has 3 atom stereocenters. The van der Waals surface area contributed by atoms with Gasteiger partial charge in [-0.1, -0.05) is 0 Å². The van der Waals surface area contributed by atoms with Crippen molar-refractivity contribution in [1.82, 2.24) is 0 Å². The second-order valence-corrected chi connectivity index (χ2v) is 9.31. The zero-order valence-electron chi connectivity index (χ0n) is 20.1. The molecule has 2 unspecified atom stereocenters. The highest BCUT2D eigenvalue weighted by Crippen LogP contribution is 2.57. The fourth-order valence-corrected chi connectivity index (χ4v) is 5.42. The Morgan fingerprint density at radius 3 is 2.47 bits per heavy atom. The van der Waals surface area contributed by atoms with Crippen molar-refractivity contribution >= 4 is 16.7 Å². The second kappa shape index (κ2) is 8.04. The Bertz CT molecular complexity index is 1630. The Morgan fingerprint density at radius 2 is 1.76 bits per heavy atom. The molecular weight excluding hydrogens is 504 g/mol. The van der Waals surface area contributed by atoms with Gasteiger partial charge in [0.15, 0.2) is 23.0 Å². The van der Waals surface area contributed by atoms with Crippen LogP contribution in [0, 0.1) is 0 Å². The van der Waals surface area contributed by atoms with E-state index in [4.69, 9.17) is 18.6 Å². The highest BCUT2D eigenvalue weighted by Gasteiger charge is 2.50. The Kier molecular flexibility index (Phi) is 5.07. The minimum Gasteiger partial charge on any atom is -0.507 e. The van der Waals surface area contributed by atoms with Crippen LogP contribution in [0.4, 0.5) is 0 Å². The molecule has 6 rings (SSSR count). The van der Waals surface area contributed by atoms with Crippen LogP contribution in [0.3, 0.4) is 0 Å². The second-order valence-electron chi connectivity index (χ2n) is 9.31. The first-order chi connectivity index (χ1) is 18.1. The normalized spacial score (nSPS) is 23.1. The van der Waals surface area contributed by atoms with Gasteiger partial charge in [-0.2, -0.15) is 0 Å². The molecule has 2 aliphatic heterocycles. The van der Waals surface area contributed by atoms with Crippen molar-refractivity contribution in [2.24, 2.45) is 0 Å². The quantitative estimate of drug-likeness (QED) is 0.242. The molecule has 12 nitrogen and oxygen atoms in total. The van der Waals surface area contributed by atoms with E-state index in [1.807, 2.05) is 0 Å². The fourth-order valence-electron chi connectivity index (χ4n) is 5.42. The number of phenolic OH excluding ortho intramolecular Hbond substituents is 3. The van der Waals surface area contributed by atoms with Crippen LogP contribution in [-0.4, -0.2) is 51.5 Å². The highest BCUT2D eigenvalue weighted by molar-refractivity contribution is 5.95. The molecule has 38 heavy (non-hydrogen) atoms. The lowest BCUT2D eigenvalue weighted by atomic mass is 9.86. The van der Waals surface area contributed by atoms with E-state index in [1.165, 1.54) is 19.3 Å². The molecule has 0 fully saturated rings. The van der Waals surface area contributed by atoms with Gasteiger partial charge < -0.3 is 48.9 Å². The van der Waals surface area contributed by atoms with Crippen molar-refractivity contribution in [2.75, 3.05) is 14.2 Å². The standard InChI is InChI=1S/C26H22O12/c1-34-13-7-12(27)16-17(19(13)29)21(31)23-11(18(16)28)8-26(38-23)4-3-9-5-10-6-14(24(32)35-2)36-25(33)15(10)20(30)22(9)37-26/h5-7,12,19,27-31H,3-4,8H2,1-2H3/t12?,19?,26-/m0/s1. The number of aliphatic hydroxyl groups excluding tert-OH is 2. The summed E-state index contributed by atoms with van der Waals surface area (Å²) in [6.45, 7) is 0. The third-order valence-corrected chi connectivity index (χ3v) is 7.21. The molecule has 5 N–H and O–H groups in total. The third-order valence-electron chi connectivity index (χ3n) is 7.21. The first-order valence-corrected chi connectivity index (χ1v) is 11.6. The summed E-state index contributed by atoms with van der Waals surface area (Å²) in [5, 5.41) is 54.3. The molecule has 0 amide bonds. The molecule has 0 saturated heterocycles. The molecule has 3 aliphatic rings. The first-order valence-electron chi connectivity index (χ1n) is 11.6. The maximum Gasteiger partial charge on any atom is 0.374 e. The third kappa shape index (κ3) is 3.17. The molecule has 0 saturated carbocycles. The van der Waals surface area contributed by atoms with Gasteiger partial charge >= 0.3 is 11.6 Å². The Balaban J connectivity index is 1.43. The summed E-state index contributed by atoms with van der Waals surface area (Å²) in [6, 6.07) is 2.87. The van der Waals surface area contributed by atoms with Crippen LogP contribution in [0.1, 0.15) is 51.4 Å². The molecular formula is C26H22O12. The molecule has 3 aromatic rings. The molecule has 1 aromatic heterocycles. The topological polar surface area (TPSA) is 185 Å². The number of aromatic hydroxyl groups is 3. The number of hydrogen-bond donors (Lipinski definition) is 5. The number of methoxy groups -OCH3 is 2. The van der Waals surface area contributed by atoms with Gasteiger partial charge in [0.25, 0.3) is 5.79 Å². The highest BCUT2D eigenvalue weighted by atomic mass is 16.7. The van der Waals surface area contributed by atoms with Gasteiger partial charge in [0, 0.05) is 23.1 Å². The van der Waals surface area contributed by atoms with Crippen molar-refractivity contribution in [1.29, 1.82) is 0 Å². The minimum absolute atomic E-state index is 0.0128. The number of phenols is 3. The maximum absolute atomic E-state index is 12.6.